The molecule has 2 aromatic carbocycles. The molecule has 6 rings (SSSR count). The van der Waals surface area contributed by atoms with Crippen molar-refractivity contribution in [3.05, 3.63) is 67.0 Å². The SMILES string of the molecule is C=CC(=O)Nc1cc(Nc2ncc(C(=O)OC(C)C)c(-c3cn(C)c4ccccc34)n2)c(OC)cc1N(C)[C@H]1[C@@H]2CN(C)C[C@@H]21. The summed E-state index contributed by atoms with van der Waals surface area (Å²) in [4.78, 5) is 39.6. The minimum atomic E-state index is -0.505. The number of para-hydroxylation sites is 1. The zero-order valence-corrected chi connectivity index (χ0v) is 26.5. The Morgan fingerprint density at radius 1 is 1.13 bits per heavy atom. The number of esters is 1. The summed E-state index contributed by atoms with van der Waals surface area (Å²) in [6.07, 6.45) is 4.37. The van der Waals surface area contributed by atoms with Gasteiger partial charge in [0.2, 0.25) is 11.9 Å². The van der Waals surface area contributed by atoms with E-state index in [1.54, 1.807) is 21.0 Å². The minimum absolute atomic E-state index is 0.249. The molecule has 11 nitrogen and oxygen atoms in total. The normalized spacial score (nSPS) is 18.9. The molecule has 4 aromatic rings. The lowest BCUT2D eigenvalue weighted by atomic mass is 10.1. The number of nitrogens with one attached hydrogen (secondary N) is 2. The van der Waals surface area contributed by atoms with E-state index < -0.39 is 5.97 Å². The Balaban J connectivity index is 1.40. The van der Waals surface area contributed by atoms with Crippen LogP contribution in [-0.2, 0) is 16.6 Å². The highest BCUT2D eigenvalue weighted by Crippen LogP contribution is 2.51. The van der Waals surface area contributed by atoms with Crippen LogP contribution >= 0.6 is 0 Å². The van der Waals surface area contributed by atoms with Crippen molar-refractivity contribution in [2.75, 3.05) is 49.8 Å². The van der Waals surface area contributed by atoms with E-state index in [2.05, 4.69) is 46.1 Å². The molecular weight excluding hydrogens is 570 g/mol. The van der Waals surface area contributed by atoms with Gasteiger partial charge in [-0.3, -0.25) is 4.79 Å². The molecule has 2 aromatic heterocycles. The number of fused-ring (bicyclic) bond motifs is 2. The van der Waals surface area contributed by atoms with Crippen LogP contribution in [-0.4, -0.2) is 77.8 Å². The summed E-state index contributed by atoms with van der Waals surface area (Å²) in [6, 6.07) is 12.0. The van der Waals surface area contributed by atoms with Gasteiger partial charge >= 0.3 is 5.97 Å². The molecule has 0 spiro atoms. The van der Waals surface area contributed by atoms with E-state index >= 15 is 0 Å². The lowest BCUT2D eigenvalue weighted by Gasteiger charge is -2.27. The smallest absolute Gasteiger partial charge is 0.342 e. The highest BCUT2D eigenvalue weighted by Gasteiger charge is 2.57. The predicted octanol–water partition coefficient (Wildman–Crippen LogP) is 5.07. The van der Waals surface area contributed by atoms with Crippen molar-refractivity contribution in [3.63, 3.8) is 0 Å². The number of likely N-dealkylation sites (tertiary alicyclic amines) is 1. The molecule has 0 bridgehead atoms. The van der Waals surface area contributed by atoms with Gasteiger partial charge in [0.1, 0.15) is 11.3 Å². The Morgan fingerprint density at radius 3 is 2.56 bits per heavy atom. The van der Waals surface area contributed by atoms with Crippen LogP contribution in [0.5, 0.6) is 5.75 Å². The van der Waals surface area contributed by atoms with E-state index in [1.165, 1.54) is 12.3 Å². The monoisotopic (exact) mass is 609 g/mol. The van der Waals surface area contributed by atoms with Crippen LogP contribution in [0, 0.1) is 11.8 Å². The number of aromatic nitrogens is 3. The van der Waals surface area contributed by atoms with Crippen molar-refractivity contribution in [1.29, 1.82) is 0 Å². The number of methoxy groups -OCH3 is 1. The Kier molecular flexibility index (Phi) is 7.96. The summed E-state index contributed by atoms with van der Waals surface area (Å²) < 4.78 is 13.4. The molecule has 3 heterocycles. The van der Waals surface area contributed by atoms with Gasteiger partial charge in [-0.2, -0.15) is 0 Å². The third-order valence-corrected chi connectivity index (χ3v) is 8.67. The summed E-state index contributed by atoms with van der Waals surface area (Å²) in [6.45, 7) is 9.35. The number of ether oxygens (including phenoxy) is 2. The third-order valence-electron chi connectivity index (χ3n) is 8.67. The molecular formula is C34H39N7O4. The van der Waals surface area contributed by atoms with Crippen molar-refractivity contribution in [2.24, 2.45) is 18.9 Å². The van der Waals surface area contributed by atoms with Gasteiger partial charge in [0, 0.05) is 68.2 Å². The second-order valence-corrected chi connectivity index (χ2v) is 12.1. The topological polar surface area (TPSA) is 114 Å². The quantitative estimate of drug-likeness (QED) is 0.188. The number of rotatable bonds is 10. The van der Waals surface area contributed by atoms with Gasteiger partial charge in [0.05, 0.1) is 36.0 Å². The Hall–Kier alpha value is -4.90. The molecule has 2 fully saturated rings. The zero-order valence-electron chi connectivity index (χ0n) is 26.5. The third kappa shape index (κ3) is 5.71. The van der Waals surface area contributed by atoms with Crippen LogP contribution in [0.1, 0.15) is 24.2 Å². The van der Waals surface area contributed by atoms with E-state index in [-0.39, 0.29) is 23.5 Å². The molecule has 234 valence electrons. The van der Waals surface area contributed by atoms with E-state index in [4.69, 9.17) is 14.5 Å². The largest absolute Gasteiger partial charge is 0.494 e. The van der Waals surface area contributed by atoms with Crippen molar-refractivity contribution in [3.8, 4) is 17.0 Å². The highest BCUT2D eigenvalue weighted by atomic mass is 16.5. The van der Waals surface area contributed by atoms with Gasteiger partial charge < -0.3 is 34.5 Å². The standard InChI is InChI=1S/C34H39N7O4/c1-8-30(42)36-25-13-26(29(44-7)14-28(25)41(6)32-23-16-39(4)17-24(23)32)37-34-35-15-21(33(43)45-19(2)3)31(38-34)22-18-40(5)27-12-10-9-11-20(22)27/h8-15,18-19,23-24,32H,1,16-17H2,2-7H3,(H,36,42)(H,35,37,38)/t23-,24+,32+. The molecule has 45 heavy (non-hydrogen) atoms. The Labute approximate surface area is 262 Å². The average molecular weight is 610 g/mol. The molecule has 0 unspecified atom stereocenters. The second kappa shape index (κ2) is 11.9. The molecule has 1 aliphatic heterocycles. The molecule has 1 amide bonds. The molecule has 2 aliphatic rings. The average Bonchev–Trinajstić information content (AvgIpc) is 3.34. The Bertz CT molecular complexity index is 1790. The van der Waals surface area contributed by atoms with Crippen molar-refractivity contribution >= 4 is 45.8 Å². The van der Waals surface area contributed by atoms with E-state index in [0.29, 0.717) is 40.7 Å². The van der Waals surface area contributed by atoms with Crippen LogP contribution in [0.3, 0.4) is 0 Å². The number of carbonyl (C=O) groups excluding carboxylic acids is 2. The predicted molar refractivity (Wildman–Crippen MR) is 176 cm³/mol. The summed E-state index contributed by atoms with van der Waals surface area (Å²) >= 11 is 0. The first kappa shape index (κ1) is 30.1. The van der Waals surface area contributed by atoms with E-state index in [0.717, 1.165) is 35.2 Å². The lowest BCUT2D eigenvalue weighted by molar-refractivity contribution is -0.111. The summed E-state index contributed by atoms with van der Waals surface area (Å²) in [5.41, 5.74) is 4.47. The van der Waals surface area contributed by atoms with Crippen LogP contribution in [0.2, 0.25) is 0 Å². The van der Waals surface area contributed by atoms with Gasteiger partial charge in [-0.1, -0.05) is 24.8 Å². The number of hydrogen-bond acceptors (Lipinski definition) is 9. The summed E-state index contributed by atoms with van der Waals surface area (Å²) in [5, 5.41) is 7.19. The molecule has 3 atom stereocenters. The van der Waals surface area contributed by atoms with E-state index in [1.807, 2.05) is 54.2 Å². The van der Waals surface area contributed by atoms with Crippen LogP contribution in [0.25, 0.3) is 22.2 Å². The number of anilines is 4. The van der Waals surface area contributed by atoms with Gasteiger partial charge in [-0.25, -0.2) is 14.8 Å². The van der Waals surface area contributed by atoms with Crippen LogP contribution in [0.4, 0.5) is 23.0 Å². The molecule has 1 saturated heterocycles. The fourth-order valence-electron chi connectivity index (χ4n) is 6.58. The number of amides is 1. The summed E-state index contributed by atoms with van der Waals surface area (Å²) in [7, 11) is 7.76. The lowest BCUT2D eigenvalue weighted by Crippen LogP contribution is -2.31. The van der Waals surface area contributed by atoms with Crippen LogP contribution < -0.4 is 20.3 Å². The number of benzene rings is 2. The highest BCUT2D eigenvalue weighted by molar-refractivity contribution is 6.04. The first-order valence-corrected chi connectivity index (χ1v) is 15.1. The van der Waals surface area contributed by atoms with Gasteiger partial charge in [0.15, 0.2) is 0 Å². The maximum atomic E-state index is 13.2. The van der Waals surface area contributed by atoms with Gasteiger partial charge in [0.25, 0.3) is 0 Å². The molecule has 1 aliphatic carbocycles. The first-order valence-electron chi connectivity index (χ1n) is 15.1. The number of aryl methyl sites for hydroxylation is 1. The maximum Gasteiger partial charge on any atom is 0.342 e. The van der Waals surface area contributed by atoms with Crippen molar-refractivity contribution in [2.45, 2.75) is 26.0 Å². The maximum absolute atomic E-state index is 13.2. The molecule has 2 N–H and O–H groups in total. The Morgan fingerprint density at radius 2 is 1.87 bits per heavy atom. The van der Waals surface area contributed by atoms with Crippen molar-refractivity contribution < 1.29 is 19.1 Å². The second-order valence-electron chi connectivity index (χ2n) is 12.1. The fourth-order valence-corrected chi connectivity index (χ4v) is 6.58. The first-order chi connectivity index (χ1) is 21.6. The van der Waals surface area contributed by atoms with Gasteiger partial charge in [-0.15, -0.1) is 0 Å². The van der Waals surface area contributed by atoms with Crippen molar-refractivity contribution in [1.82, 2.24) is 19.4 Å². The van der Waals surface area contributed by atoms with Gasteiger partial charge in [-0.05, 0) is 50.9 Å². The number of nitrogens with zero attached hydrogens (tertiary/aromatic N) is 5. The zero-order chi connectivity index (χ0) is 32.0. The van der Waals surface area contributed by atoms with Crippen LogP contribution in [0.15, 0.2) is 61.4 Å². The summed E-state index contributed by atoms with van der Waals surface area (Å²) in [5.74, 6) is 1.16. The molecule has 1 saturated carbocycles. The number of piperidine rings is 1. The number of hydrogen-bond donors (Lipinski definition) is 2. The fraction of sp³-hybridized carbons (Fsp3) is 0.353. The molecule has 11 heteroatoms. The minimum Gasteiger partial charge on any atom is -0.494 e. The molecule has 0 radical (unpaired) electrons. The number of carbonyl (C=O) groups is 2. The van der Waals surface area contributed by atoms with E-state index in [9.17, 15) is 9.59 Å².